The van der Waals surface area contributed by atoms with Gasteiger partial charge in [-0.1, -0.05) is 48.0 Å². The minimum atomic E-state index is -0.208. The molecule has 1 saturated carbocycles. The van der Waals surface area contributed by atoms with Crippen LogP contribution in [0.15, 0.2) is 54.6 Å². The maximum absolute atomic E-state index is 12.4. The molecule has 0 aromatic heterocycles. The van der Waals surface area contributed by atoms with Crippen molar-refractivity contribution in [2.24, 2.45) is 0 Å². The van der Waals surface area contributed by atoms with Crippen molar-refractivity contribution in [1.29, 1.82) is 0 Å². The largest absolute Gasteiger partial charge is 0.343 e. The van der Waals surface area contributed by atoms with Crippen molar-refractivity contribution in [2.75, 3.05) is 0 Å². The maximum atomic E-state index is 12.4. The predicted octanol–water partition coefficient (Wildman–Crippen LogP) is 4.15. The lowest BCUT2D eigenvalue weighted by Gasteiger charge is -2.43. The smallest absolute Gasteiger partial charge is 0.252 e. The van der Waals surface area contributed by atoms with E-state index < -0.39 is 0 Å². The molecule has 0 spiro atoms. The normalized spacial score (nSPS) is 16.2. The molecule has 2 aromatic rings. The number of benzene rings is 2. The quantitative estimate of drug-likeness (QED) is 0.902. The summed E-state index contributed by atoms with van der Waals surface area (Å²) in [4.78, 5) is 12.4. The molecule has 2 aromatic carbocycles. The van der Waals surface area contributed by atoms with Crippen LogP contribution >= 0.6 is 11.6 Å². The van der Waals surface area contributed by atoms with Crippen LogP contribution in [0, 0.1) is 0 Å². The number of amides is 1. The molecule has 0 bridgehead atoms. The summed E-state index contributed by atoms with van der Waals surface area (Å²) in [6.07, 6.45) is 3.12. The molecule has 0 atom stereocenters. The zero-order valence-corrected chi connectivity index (χ0v) is 11.9. The summed E-state index contributed by atoms with van der Waals surface area (Å²) < 4.78 is 0. The van der Waals surface area contributed by atoms with Gasteiger partial charge < -0.3 is 5.32 Å². The molecule has 3 rings (SSSR count). The van der Waals surface area contributed by atoms with Crippen molar-refractivity contribution < 1.29 is 4.79 Å². The summed E-state index contributed by atoms with van der Waals surface area (Å²) in [5, 5.41) is 3.78. The van der Waals surface area contributed by atoms with Crippen LogP contribution in [0.25, 0.3) is 0 Å². The average Bonchev–Trinajstić information content (AvgIpc) is 2.43. The van der Waals surface area contributed by atoms with Crippen molar-refractivity contribution >= 4 is 17.5 Å². The third kappa shape index (κ3) is 2.44. The average molecular weight is 286 g/mol. The van der Waals surface area contributed by atoms with Crippen LogP contribution in [-0.4, -0.2) is 5.91 Å². The van der Waals surface area contributed by atoms with Gasteiger partial charge in [0.1, 0.15) is 0 Å². The van der Waals surface area contributed by atoms with E-state index in [1.54, 1.807) is 24.3 Å². The van der Waals surface area contributed by atoms with Gasteiger partial charge >= 0.3 is 0 Å². The summed E-state index contributed by atoms with van der Waals surface area (Å²) in [7, 11) is 0. The maximum Gasteiger partial charge on any atom is 0.252 e. The molecular formula is C17H16ClNO. The summed E-state index contributed by atoms with van der Waals surface area (Å²) in [6.45, 7) is 0. The van der Waals surface area contributed by atoms with Crippen molar-refractivity contribution in [3.05, 3.63) is 70.7 Å². The number of halogens is 1. The Hall–Kier alpha value is -1.80. The molecule has 1 fully saturated rings. The summed E-state index contributed by atoms with van der Waals surface area (Å²) >= 11 is 5.95. The number of nitrogens with one attached hydrogen (secondary N) is 1. The second kappa shape index (κ2) is 5.29. The van der Waals surface area contributed by atoms with Gasteiger partial charge in [0.15, 0.2) is 0 Å². The zero-order valence-electron chi connectivity index (χ0n) is 11.1. The number of rotatable bonds is 3. The molecule has 102 valence electrons. The van der Waals surface area contributed by atoms with Crippen LogP contribution in [0.2, 0.25) is 5.02 Å². The minimum absolute atomic E-state index is 0.0592. The molecule has 0 aliphatic heterocycles. The molecule has 3 heteroatoms. The number of carbonyl (C=O) groups is 1. The van der Waals surface area contributed by atoms with Crippen LogP contribution in [0.1, 0.15) is 35.2 Å². The van der Waals surface area contributed by atoms with Crippen molar-refractivity contribution in [1.82, 2.24) is 5.32 Å². The fraction of sp³-hybridized carbons (Fsp3) is 0.235. The Morgan fingerprint density at radius 1 is 1.05 bits per heavy atom. The number of hydrogen-bond donors (Lipinski definition) is 1. The Balaban J connectivity index is 1.84. The Morgan fingerprint density at radius 2 is 1.80 bits per heavy atom. The van der Waals surface area contributed by atoms with Crippen LogP contribution in [0.5, 0.6) is 0 Å². The Bertz CT molecular complexity index is 620. The molecule has 2 nitrogen and oxygen atoms in total. The third-order valence-corrected chi connectivity index (χ3v) is 4.21. The number of carbonyl (C=O) groups excluding carboxylic acids is 1. The molecule has 0 heterocycles. The molecule has 20 heavy (non-hydrogen) atoms. The lowest BCUT2D eigenvalue weighted by molar-refractivity contribution is 0.0823. The molecule has 0 radical (unpaired) electrons. The van der Waals surface area contributed by atoms with Crippen molar-refractivity contribution in [3.8, 4) is 0 Å². The first-order chi connectivity index (χ1) is 9.70. The van der Waals surface area contributed by atoms with Gasteiger partial charge in [0.25, 0.3) is 5.91 Å². The minimum Gasteiger partial charge on any atom is -0.343 e. The third-order valence-electron chi connectivity index (χ3n) is 3.97. The molecule has 0 saturated heterocycles. The van der Waals surface area contributed by atoms with Crippen LogP contribution in [0.3, 0.4) is 0 Å². The van der Waals surface area contributed by atoms with Gasteiger partial charge in [0.05, 0.1) is 5.54 Å². The van der Waals surface area contributed by atoms with Crippen molar-refractivity contribution in [2.45, 2.75) is 24.8 Å². The molecular weight excluding hydrogens is 270 g/mol. The highest BCUT2D eigenvalue weighted by molar-refractivity contribution is 6.30. The fourth-order valence-corrected chi connectivity index (χ4v) is 2.88. The molecule has 1 aliphatic carbocycles. The second-order valence-corrected chi connectivity index (χ2v) is 5.70. The van der Waals surface area contributed by atoms with Crippen LogP contribution in [0.4, 0.5) is 0 Å². The highest BCUT2D eigenvalue weighted by atomic mass is 35.5. The summed E-state index contributed by atoms with van der Waals surface area (Å²) in [5.74, 6) is -0.0592. The number of hydrogen-bond acceptors (Lipinski definition) is 1. The highest BCUT2D eigenvalue weighted by Crippen LogP contribution is 2.41. The van der Waals surface area contributed by atoms with E-state index in [4.69, 9.17) is 11.6 Å². The lowest BCUT2D eigenvalue weighted by atomic mass is 9.71. The van der Waals surface area contributed by atoms with E-state index in [1.165, 1.54) is 5.56 Å². The standard InChI is InChI=1S/C17H16ClNO/c18-15-9-4-6-13(12-15)16(20)19-17(10-5-11-17)14-7-2-1-3-8-14/h1-4,6-9,12H,5,10-11H2,(H,19,20). The van der Waals surface area contributed by atoms with E-state index in [2.05, 4.69) is 17.4 Å². The second-order valence-electron chi connectivity index (χ2n) is 5.27. The van der Waals surface area contributed by atoms with Crippen LogP contribution < -0.4 is 5.32 Å². The predicted molar refractivity (Wildman–Crippen MR) is 80.9 cm³/mol. The van der Waals surface area contributed by atoms with E-state index in [-0.39, 0.29) is 11.4 Å². The molecule has 0 unspecified atom stereocenters. The first-order valence-corrected chi connectivity index (χ1v) is 7.21. The van der Waals surface area contributed by atoms with E-state index in [1.807, 2.05) is 18.2 Å². The lowest BCUT2D eigenvalue weighted by Crippen LogP contribution is -2.50. The monoisotopic (exact) mass is 285 g/mol. The van der Waals surface area contributed by atoms with Crippen LogP contribution in [-0.2, 0) is 5.54 Å². The first kappa shape index (κ1) is 13.2. The van der Waals surface area contributed by atoms with E-state index in [0.717, 1.165) is 19.3 Å². The van der Waals surface area contributed by atoms with Crippen molar-refractivity contribution in [3.63, 3.8) is 0 Å². The Labute approximate surface area is 123 Å². The van der Waals surface area contributed by atoms with Gasteiger partial charge in [-0.3, -0.25) is 4.79 Å². The topological polar surface area (TPSA) is 29.1 Å². The first-order valence-electron chi connectivity index (χ1n) is 6.83. The molecule has 1 N–H and O–H groups in total. The Kier molecular flexibility index (Phi) is 3.49. The summed E-state index contributed by atoms with van der Waals surface area (Å²) in [5.41, 5.74) is 1.59. The van der Waals surface area contributed by atoms with E-state index in [0.29, 0.717) is 10.6 Å². The van der Waals surface area contributed by atoms with Gasteiger partial charge in [-0.05, 0) is 43.0 Å². The fourth-order valence-electron chi connectivity index (χ4n) is 2.69. The SMILES string of the molecule is O=C(NC1(c2ccccc2)CCC1)c1cccc(Cl)c1. The molecule has 1 aliphatic rings. The van der Waals surface area contributed by atoms with Gasteiger partial charge in [-0.15, -0.1) is 0 Å². The Morgan fingerprint density at radius 3 is 2.40 bits per heavy atom. The van der Waals surface area contributed by atoms with Gasteiger partial charge in [0.2, 0.25) is 0 Å². The zero-order chi connectivity index (χ0) is 14.0. The highest BCUT2D eigenvalue weighted by Gasteiger charge is 2.39. The van der Waals surface area contributed by atoms with Gasteiger partial charge in [0, 0.05) is 10.6 Å². The van der Waals surface area contributed by atoms with Gasteiger partial charge in [-0.25, -0.2) is 0 Å². The van der Waals surface area contributed by atoms with E-state index >= 15 is 0 Å². The van der Waals surface area contributed by atoms with Gasteiger partial charge in [-0.2, -0.15) is 0 Å². The van der Waals surface area contributed by atoms with E-state index in [9.17, 15) is 4.79 Å². The summed E-state index contributed by atoms with van der Waals surface area (Å²) in [6, 6.07) is 17.3. The molecule has 1 amide bonds.